The Morgan fingerprint density at radius 1 is 1.12 bits per heavy atom. The Bertz CT molecular complexity index is 503. The van der Waals surface area contributed by atoms with Crippen molar-refractivity contribution in [2.24, 2.45) is 5.73 Å². The van der Waals surface area contributed by atoms with Crippen LogP contribution in [0.1, 0.15) is 5.56 Å². The zero-order valence-corrected chi connectivity index (χ0v) is 9.76. The summed E-state index contributed by atoms with van der Waals surface area (Å²) < 4.78 is 0. The molecule has 0 radical (unpaired) electrons. The number of nitrogens with one attached hydrogen (secondary N) is 1. The van der Waals surface area contributed by atoms with Gasteiger partial charge in [0.2, 0.25) is 0 Å². The van der Waals surface area contributed by atoms with Gasteiger partial charge in [-0.05, 0) is 35.0 Å². The lowest BCUT2D eigenvalue weighted by molar-refractivity contribution is 0.874. The summed E-state index contributed by atoms with van der Waals surface area (Å²) in [5.74, 6) is 0. The van der Waals surface area contributed by atoms with Gasteiger partial charge in [-0.2, -0.15) is 0 Å². The number of nitrogens with two attached hydrogens (primary N) is 1. The van der Waals surface area contributed by atoms with E-state index in [0.29, 0.717) is 5.11 Å². The maximum Gasteiger partial charge on any atom is 0.163 e. The fourth-order valence-corrected chi connectivity index (χ4v) is 1.93. The van der Waals surface area contributed by atoms with Crippen LogP contribution in [0.15, 0.2) is 42.5 Å². The molecule has 2 rings (SSSR count). The van der Waals surface area contributed by atoms with E-state index < -0.39 is 0 Å². The van der Waals surface area contributed by atoms with E-state index in [1.165, 1.54) is 16.3 Å². The normalized spacial score (nSPS) is 10.2. The standard InChI is InChI=1S/C13H14N2S/c14-13(16)15-9-8-11-6-3-5-10-4-1-2-7-12(10)11/h1-7H,8-9H2,(H3,14,15,16). The average Bonchev–Trinajstić information content (AvgIpc) is 2.29. The number of fused-ring (bicyclic) bond motifs is 1. The molecule has 0 saturated heterocycles. The smallest absolute Gasteiger partial charge is 0.163 e. The maximum atomic E-state index is 5.39. The highest BCUT2D eigenvalue weighted by atomic mass is 32.1. The van der Waals surface area contributed by atoms with E-state index in [9.17, 15) is 0 Å². The Labute approximate surface area is 100 Å². The second kappa shape index (κ2) is 4.94. The summed E-state index contributed by atoms with van der Waals surface area (Å²) >= 11 is 4.77. The first-order valence-electron chi connectivity index (χ1n) is 5.27. The van der Waals surface area contributed by atoms with Crippen LogP contribution in [0.25, 0.3) is 10.8 Å². The third-order valence-electron chi connectivity index (χ3n) is 2.57. The zero-order chi connectivity index (χ0) is 11.4. The summed E-state index contributed by atoms with van der Waals surface area (Å²) in [5, 5.41) is 5.90. The average molecular weight is 230 g/mol. The minimum atomic E-state index is 0.361. The van der Waals surface area contributed by atoms with Crippen LogP contribution >= 0.6 is 12.2 Å². The van der Waals surface area contributed by atoms with Crippen molar-refractivity contribution in [3.05, 3.63) is 48.0 Å². The quantitative estimate of drug-likeness (QED) is 0.794. The van der Waals surface area contributed by atoms with Crippen molar-refractivity contribution in [3.8, 4) is 0 Å². The van der Waals surface area contributed by atoms with Crippen LogP contribution < -0.4 is 11.1 Å². The van der Waals surface area contributed by atoms with Gasteiger partial charge in [0, 0.05) is 6.54 Å². The number of hydrogen-bond acceptors (Lipinski definition) is 1. The van der Waals surface area contributed by atoms with Crippen LogP contribution in [0.4, 0.5) is 0 Å². The van der Waals surface area contributed by atoms with E-state index in [0.717, 1.165) is 13.0 Å². The molecule has 0 saturated carbocycles. The molecule has 82 valence electrons. The minimum absolute atomic E-state index is 0.361. The van der Waals surface area contributed by atoms with Crippen molar-refractivity contribution >= 4 is 28.1 Å². The summed E-state index contributed by atoms with van der Waals surface area (Å²) in [4.78, 5) is 0. The molecule has 2 aromatic rings. The molecule has 0 aliphatic carbocycles. The fourth-order valence-electron chi connectivity index (χ4n) is 1.83. The van der Waals surface area contributed by atoms with Crippen LogP contribution in [0.5, 0.6) is 0 Å². The van der Waals surface area contributed by atoms with Gasteiger partial charge in [-0.15, -0.1) is 0 Å². The molecule has 0 bridgehead atoms. The molecule has 0 fully saturated rings. The molecule has 0 atom stereocenters. The lowest BCUT2D eigenvalue weighted by atomic mass is 10.0. The van der Waals surface area contributed by atoms with Crippen molar-refractivity contribution < 1.29 is 0 Å². The van der Waals surface area contributed by atoms with Crippen LogP contribution in [-0.4, -0.2) is 11.7 Å². The Balaban J connectivity index is 2.20. The second-order valence-electron chi connectivity index (χ2n) is 3.68. The molecule has 3 N–H and O–H groups in total. The van der Waals surface area contributed by atoms with E-state index in [4.69, 9.17) is 18.0 Å². The lowest BCUT2D eigenvalue weighted by Gasteiger charge is -2.07. The maximum absolute atomic E-state index is 5.39. The van der Waals surface area contributed by atoms with Gasteiger partial charge in [-0.25, -0.2) is 0 Å². The zero-order valence-electron chi connectivity index (χ0n) is 8.94. The Morgan fingerprint density at radius 3 is 2.69 bits per heavy atom. The van der Waals surface area contributed by atoms with E-state index in [-0.39, 0.29) is 0 Å². The van der Waals surface area contributed by atoms with Crippen LogP contribution in [-0.2, 0) is 6.42 Å². The molecular weight excluding hydrogens is 216 g/mol. The Morgan fingerprint density at radius 2 is 1.88 bits per heavy atom. The predicted octanol–water partition coefficient (Wildman–Crippen LogP) is 2.22. The second-order valence-corrected chi connectivity index (χ2v) is 4.12. The summed E-state index contributed by atoms with van der Waals surface area (Å²) in [6, 6.07) is 14.7. The van der Waals surface area contributed by atoms with Crippen molar-refractivity contribution in [2.75, 3.05) is 6.54 Å². The Kier molecular flexibility index (Phi) is 3.37. The largest absolute Gasteiger partial charge is 0.376 e. The van der Waals surface area contributed by atoms with Gasteiger partial charge in [-0.1, -0.05) is 42.5 Å². The third kappa shape index (κ3) is 2.49. The van der Waals surface area contributed by atoms with E-state index in [2.05, 4.69) is 47.8 Å². The summed E-state index contributed by atoms with van der Waals surface area (Å²) in [6.45, 7) is 0.781. The topological polar surface area (TPSA) is 38.0 Å². The van der Waals surface area contributed by atoms with Gasteiger partial charge in [-0.3, -0.25) is 0 Å². The van der Waals surface area contributed by atoms with E-state index >= 15 is 0 Å². The lowest BCUT2D eigenvalue weighted by Crippen LogP contribution is -2.30. The molecule has 0 aliphatic heterocycles. The highest BCUT2D eigenvalue weighted by molar-refractivity contribution is 7.80. The molecule has 0 heterocycles. The molecule has 0 aliphatic rings. The van der Waals surface area contributed by atoms with E-state index in [1.807, 2.05) is 0 Å². The minimum Gasteiger partial charge on any atom is -0.376 e. The molecule has 0 spiro atoms. The molecule has 16 heavy (non-hydrogen) atoms. The summed E-state index contributed by atoms with van der Waals surface area (Å²) in [5.41, 5.74) is 6.71. The van der Waals surface area contributed by atoms with Crippen molar-refractivity contribution in [3.63, 3.8) is 0 Å². The Hall–Kier alpha value is -1.61. The number of rotatable bonds is 3. The summed E-state index contributed by atoms with van der Waals surface area (Å²) in [7, 11) is 0. The number of thiocarbonyl (C=S) groups is 1. The SMILES string of the molecule is NC(=S)NCCc1cccc2ccccc12. The van der Waals surface area contributed by atoms with Gasteiger partial charge in [0.05, 0.1) is 0 Å². The van der Waals surface area contributed by atoms with Crippen LogP contribution in [0, 0.1) is 0 Å². The van der Waals surface area contributed by atoms with E-state index in [1.54, 1.807) is 0 Å². The molecule has 0 aromatic heterocycles. The fraction of sp³-hybridized carbons (Fsp3) is 0.154. The number of hydrogen-bond donors (Lipinski definition) is 2. The molecule has 0 unspecified atom stereocenters. The van der Waals surface area contributed by atoms with Crippen LogP contribution in [0.3, 0.4) is 0 Å². The van der Waals surface area contributed by atoms with Crippen LogP contribution in [0.2, 0.25) is 0 Å². The molecule has 2 aromatic carbocycles. The van der Waals surface area contributed by atoms with Gasteiger partial charge in [0.1, 0.15) is 0 Å². The van der Waals surface area contributed by atoms with Crippen molar-refractivity contribution in [1.82, 2.24) is 5.32 Å². The first kappa shape index (κ1) is 10.9. The van der Waals surface area contributed by atoms with Crippen molar-refractivity contribution in [1.29, 1.82) is 0 Å². The molecule has 2 nitrogen and oxygen atoms in total. The number of benzene rings is 2. The first-order chi connectivity index (χ1) is 7.77. The van der Waals surface area contributed by atoms with Crippen molar-refractivity contribution in [2.45, 2.75) is 6.42 Å². The van der Waals surface area contributed by atoms with Gasteiger partial charge in [0.25, 0.3) is 0 Å². The molecule has 0 amide bonds. The monoisotopic (exact) mass is 230 g/mol. The highest BCUT2D eigenvalue weighted by Crippen LogP contribution is 2.18. The first-order valence-corrected chi connectivity index (χ1v) is 5.68. The third-order valence-corrected chi connectivity index (χ3v) is 2.72. The molecule has 3 heteroatoms. The summed E-state index contributed by atoms with van der Waals surface area (Å²) in [6.07, 6.45) is 0.929. The highest BCUT2D eigenvalue weighted by Gasteiger charge is 1.99. The van der Waals surface area contributed by atoms with Gasteiger partial charge < -0.3 is 11.1 Å². The molecular formula is C13H14N2S. The predicted molar refractivity (Wildman–Crippen MR) is 72.4 cm³/mol. The van der Waals surface area contributed by atoms with Gasteiger partial charge >= 0.3 is 0 Å². The van der Waals surface area contributed by atoms with Gasteiger partial charge in [0.15, 0.2) is 5.11 Å².